The maximum Gasteiger partial charge on any atom is 0.119 e. The SMILES string of the molecule is COCCOCCOCCOc1ccc(-c2ccnnc2)cc1. The lowest BCUT2D eigenvalue weighted by Gasteiger charge is -2.08. The van der Waals surface area contributed by atoms with Gasteiger partial charge in [-0.2, -0.15) is 10.2 Å². The van der Waals surface area contributed by atoms with E-state index in [1.807, 2.05) is 30.3 Å². The van der Waals surface area contributed by atoms with E-state index in [-0.39, 0.29) is 0 Å². The first kappa shape index (κ1) is 17.3. The summed E-state index contributed by atoms with van der Waals surface area (Å²) in [5.74, 6) is 0.815. The average Bonchev–Trinajstić information content (AvgIpc) is 2.62. The van der Waals surface area contributed by atoms with Crippen molar-refractivity contribution in [1.82, 2.24) is 10.2 Å². The van der Waals surface area contributed by atoms with Gasteiger partial charge in [-0.3, -0.25) is 0 Å². The van der Waals surface area contributed by atoms with Crippen LogP contribution in [0.5, 0.6) is 5.75 Å². The third-order valence-corrected chi connectivity index (χ3v) is 3.07. The van der Waals surface area contributed by atoms with Crippen LogP contribution in [0.4, 0.5) is 0 Å². The molecule has 6 nitrogen and oxygen atoms in total. The van der Waals surface area contributed by atoms with Crippen LogP contribution in [0.3, 0.4) is 0 Å². The van der Waals surface area contributed by atoms with Crippen LogP contribution in [0, 0.1) is 0 Å². The molecule has 0 bridgehead atoms. The summed E-state index contributed by atoms with van der Waals surface area (Å²) in [6.45, 7) is 3.36. The van der Waals surface area contributed by atoms with E-state index in [0.29, 0.717) is 39.6 Å². The molecular formula is C17H22N2O4. The Hall–Kier alpha value is -2.02. The van der Waals surface area contributed by atoms with E-state index in [4.69, 9.17) is 18.9 Å². The van der Waals surface area contributed by atoms with E-state index in [1.165, 1.54) is 0 Å². The van der Waals surface area contributed by atoms with Crippen molar-refractivity contribution < 1.29 is 18.9 Å². The van der Waals surface area contributed by atoms with Crippen molar-refractivity contribution in [1.29, 1.82) is 0 Å². The highest BCUT2D eigenvalue weighted by Gasteiger charge is 1.99. The normalized spacial score (nSPS) is 10.7. The van der Waals surface area contributed by atoms with Gasteiger partial charge in [-0.05, 0) is 23.8 Å². The predicted molar refractivity (Wildman–Crippen MR) is 86.5 cm³/mol. The van der Waals surface area contributed by atoms with Crippen LogP contribution >= 0.6 is 0 Å². The Balaban J connectivity index is 1.60. The van der Waals surface area contributed by atoms with Crippen LogP contribution in [0.25, 0.3) is 11.1 Å². The van der Waals surface area contributed by atoms with Gasteiger partial charge in [0, 0.05) is 12.7 Å². The summed E-state index contributed by atoms with van der Waals surface area (Å²) in [6.07, 6.45) is 3.41. The van der Waals surface area contributed by atoms with Crippen molar-refractivity contribution in [2.24, 2.45) is 0 Å². The van der Waals surface area contributed by atoms with E-state index in [1.54, 1.807) is 19.5 Å². The molecule has 0 aliphatic heterocycles. The van der Waals surface area contributed by atoms with Crippen LogP contribution < -0.4 is 4.74 Å². The molecule has 124 valence electrons. The molecule has 0 unspecified atom stereocenters. The molecule has 23 heavy (non-hydrogen) atoms. The number of methoxy groups -OCH3 is 1. The summed E-state index contributed by atoms with van der Waals surface area (Å²) in [5, 5.41) is 7.64. The Bertz CT molecular complexity index is 534. The number of ether oxygens (including phenoxy) is 4. The van der Waals surface area contributed by atoms with Crippen LogP contribution in [0.2, 0.25) is 0 Å². The Kier molecular flexibility index (Phi) is 8.04. The molecule has 2 aromatic rings. The summed E-state index contributed by atoms with van der Waals surface area (Å²) >= 11 is 0. The van der Waals surface area contributed by atoms with Gasteiger partial charge in [0.1, 0.15) is 12.4 Å². The molecule has 0 spiro atoms. The first-order valence-corrected chi connectivity index (χ1v) is 7.54. The summed E-state index contributed by atoms with van der Waals surface area (Å²) in [4.78, 5) is 0. The molecule has 0 radical (unpaired) electrons. The molecule has 2 rings (SSSR count). The van der Waals surface area contributed by atoms with Crippen LogP contribution in [-0.4, -0.2) is 56.9 Å². The highest BCUT2D eigenvalue weighted by atomic mass is 16.6. The van der Waals surface area contributed by atoms with Gasteiger partial charge >= 0.3 is 0 Å². The first-order valence-electron chi connectivity index (χ1n) is 7.54. The Labute approximate surface area is 136 Å². The number of aromatic nitrogens is 2. The lowest BCUT2D eigenvalue weighted by atomic mass is 10.1. The smallest absolute Gasteiger partial charge is 0.119 e. The molecule has 1 heterocycles. The standard InChI is InChI=1S/C17H22N2O4/c1-20-8-9-21-10-11-22-12-13-23-17-4-2-15(3-5-17)16-6-7-18-19-14-16/h2-7,14H,8-13H2,1H3. The van der Waals surface area contributed by atoms with Crippen molar-refractivity contribution in [3.05, 3.63) is 42.7 Å². The molecule has 6 heteroatoms. The van der Waals surface area contributed by atoms with Crippen LogP contribution in [0.1, 0.15) is 0 Å². The fourth-order valence-corrected chi connectivity index (χ4v) is 1.89. The third kappa shape index (κ3) is 6.73. The molecule has 0 fully saturated rings. The molecule has 1 aromatic carbocycles. The lowest BCUT2D eigenvalue weighted by Crippen LogP contribution is -2.12. The molecule has 0 atom stereocenters. The topological polar surface area (TPSA) is 62.7 Å². The van der Waals surface area contributed by atoms with Crippen LogP contribution in [-0.2, 0) is 14.2 Å². The molecule has 0 aliphatic carbocycles. The van der Waals surface area contributed by atoms with Gasteiger partial charge in [0.25, 0.3) is 0 Å². The van der Waals surface area contributed by atoms with Gasteiger partial charge in [0.05, 0.1) is 45.4 Å². The summed E-state index contributed by atoms with van der Waals surface area (Å²) in [5.41, 5.74) is 2.11. The van der Waals surface area contributed by atoms with Gasteiger partial charge in [0.15, 0.2) is 0 Å². The van der Waals surface area contributed by atoms with E-state index in [9.17, 15) is 0 Å². The molecule has 0 N–H and O–H groups in total. The highest BCUT2D eigenvalue weighted by molar-refractivity contribution is 5.62. The minimum Gasteiger partial charge on any atom is -0.491 e. The molecule has 0 saturated heterocycles. The third-order valence-electron chi connectivity index (χ3n) is 3.07. The second kappa shape index (κ2) is 10.7. The molecule has 0 amide bonds. The number of nitrogens with zero attached hydrogens (tertiary/aromatic N) is 2. The van der Waals surface area contributed by atoms with E-state index >= 15 is 0 Å². The monoisotopic (exact) mass is 318 g/mol. The summed E-state index contributed by atoms with van der Waals surface area (Å²) in [6, 6.07) is 9.78. The minimum atomic E-state index is 0.508. The van der Waals surface area contributed by atoms with Crippen LogP contribution in [0.15, 0.2) is 42.7 Å². The quantitative estimate of drug-likeness (QED) is 0.592. The second-order valence-electron chi connectivity index (χ2n) is 4.72. The number of hydrogen-bond donors (Lipinski definition) is 0. The molecular weight excluding hydrogens is 296 g/mol. The van der Waals surface area contributed by atoms with Gasteiger partial charge < -0.3 is 18.9 Å². The second-order valence-corrected chi connectivity index (χ2v) is 4.72. The van der Waals surface area contributed by atoms with Gasteiger partial charge in [0.2, 0.25) is 0 Å². The fraction of sp³-hybridized carbons (Fsp3) is 0.412. The van der Waals surface area contributed by atoms with E-state index in [2.05, 4.69) is 10.2 Å². The molecule has 0 saturated carbocycles. The zero-order chi connectivity index (χ0) is 16.2. The van der Waals surface area contributed by atoms with Crippen molar-refractivity contribution in [2.75, 3.05) is 46.8 Å². The lowest BCUT2D eigenvalue weighted by molar-refractivity contribution is 0.0180. The molecule has 0 aliphatic rings. The Morgan fingerprint density at radius 1 is 0.739 bits per heavy atom. The predicted octanol–water partition coefficient (Wildman–Crippen LogP) is 2.20. The highest BCUT2D eigenvalue weighted by Crippen LogP contribution is 2.20. The Morgan fingerprint density at radius 3 is 2.09 bits per heavy atom. The van der Waals surface area contributed by atoms with Crippen molar-refractivity contribution >= 4 is 0 Å². The van der Waals surface area contributed by atoms with E-state index < -0.39 is 0 Å². The number of hydrogen-bond acceptors (Lipinski definition) is 6. The molecule has 1 aromatic heterocycles. The van der Waals surface area contributed by atoms with Gasteiger partial charge in [-0.15, -0.1) is 0 Å². The summed E-state index contributed by atoms with van der Waals surface area (Å²) < 4.78 is 21.2. The fourth-order valence-electron chi connectivity index (χ4n) is 1.89. The van der Waals surface area contributed by atoms with Crippen molar-refractivity contribution in [3.63, 3.8) is 0 Å². The zero-order valence-electron chi connectivity index (χ0n) is 13.3. The number of rotatable bonds is 11. The van der Waals surface area contributed by atoms with Crippen molar-refractivity contribution in [3.8, 4) is 16.9 Å². The first-order chi connectivity index (χ1) is 11.4. The van der Waals surface area contributed by atoms with Crippen molar-refractivity contribution in [2.45, 2.75) is 0 Å². The average molecular weight is 318 g/mol. The number of benzene rings is 1. The maximum atomic E-state index is 5.63. The maximum absolute atomic E-state index is 5.63. The minimum absolute atomic E-state index is 0.508. The summed E-state index contributed by atoms with van der Waals surface area (Å²) in [7, 11) is 1.65. The Morgan fingerprint density at radius 2 is 1.43 bits per heavy atom. The van der Waals surface area contributed by atoms with Gasteiger partial charge in [-0.1, -0.05) is 12.1 Å². The zero-order valence-corrected chi connectivity index (χ0v) is 13.3. The largest absolute Gasteiger partial charge is 0.491 e. The van der Waals surface area contributed by atoms with Gasteiger partial charge in [-0.25, -0.2) is 0 Å². The van der Waals surface area contributed by atoms with E-state index in [0.717, 1.165) is 16.9 Å².